The lowest BCUT2D eigenvalue weighted by Gasteiger charge is -2.34. The van der Waals surface area contributed by atoms with E-state index < -0.39 is 24.0 Å². The molecule has 1 saturated heterocycles. The summed E-state index contributed by atoms with van der Waals surface area (Å²) in [6.07, 6.45) is -4.90. The van der Waals surface area contributed by atoms with Crippen LogP contribution in [0.3, 0.4) is 0 Å². The molecule has 2 N–H and O–H groups in total. The van der Waals surface area contributed by atoms with Crippen molar-refractivity contribution in [1.29, 1.82) is 0 Å². The molecule has 0 saturated carbocycles. The third kappa shape index (κ3) is 6.79. The third-order valence-corrected chi connectivity index (χ3v) is 7.30. The maximum Gasteiger partial charge on any atom is 0.506 e. The first-order valence-corrected chi connectivity index (χ1v) is 13.3. The summed E-state index contributed by atoms with van der Waals surface area (Å²) in [5, 5.41) is 12.2. The van der Waals surface area contributed by atoms with Gasteiger partial charge in [-0.1, -0.05) is 17.7 Å². The summed E-state index contributed by atoms with van der Waals surface area (Å²) in [6.45, 7) is 1.32. The predicted molar refractivity (Wildman–Crippen MR) is 144 cm³/mol. The van der Waals surface area contributed by atoms with E-state index in [-0.39, 0.29) is 23.6 Å². The van der Waals surface area contributed by atoms with Crippen LogP contribution < -0.4 is 19.7 Å². The summed E-state index contributed by atoms with van der Waals surface area (Å²) in [4.78, 5) is 25.7. The Labute approximate surface area is 238 Å². The number of hydrogen-bond donors (Lipinski definition) is 2. The molecule has 5 rings (SSSR count). The molecule has 0 bridgehead atoms. The van der Waals surface area contributed by atoms with Crippen molar-refractivity contribution in [3.8, 4) is 17.2 Å². The van der Waals surface area contributed by atoms with Crippen LogP contribution in [0.2, 0.25) is 5.02 Å². The molecule has 2 aliphatic heterocycles. The van der Waals surface area contributed by atoms with Crippen molar-refractivity contribution in [1.82, 2.24) is 5.32 Å². The van der Waals surface area contributed by atoms with Crippen molar-refractivity contribution in [3.63, 3.8) is 0 Å². The summed E-state index contributed by atoms with van der Waals surface area (Å²) in [5.41, 5.74) is 0.771. The Hall–Kier alpha value is -4.12. The highest BCUT2D eigenvalue weighted by Gasteiger charge is 2.31. The van der Waals surface area contributed by atoms with Crippen LogP contribution in [-0.2, 0) is 10.9 Å². The number of piperidine rings is 1. The van der Waals surface area contributed by atoms with Crippen molar-refractivity contribution in [2.24, 2.45) is 0 Å². The highest BCUT2D eigenvalue weighted by molar-refractivity contribution is 6.32. The number of fused-ring (bicyclic) bond motifs is 1. The molecule has 1 unspecified atom stereocenters. The Kier molecular flexibility index (Phi) is 8.16. The number of amides is 1. The minimum Gasteiger partial charge on any atom is -0.493 e. The molecule has 0 aromatic heterocycles. The zero-order chi connectivity index (χ0) is 29.1. The zero-order valence-corrected chi connectivity index (χ0v) is 22.4. The molecule has 0 spiro atoms. The summed E-state index contributed by atoms with van der Waals surface area (Å²) in [7, 11) is 0. The van der Waals surface area contributed by atoms with Gasteiger partial charge in [0.05, 0.1) is 17.2 Å². The third-order valence-electron chi connectivity index (χ3n) is 7.00. The smallest absolute Gasteiger partial charge is 0.493 e. The fraction of sp³-hybridized carbons (Fsp3) is 0.310. The Morgan fingerprint density at radius 3 is 2.44 bits per heavy atom. The van der Waals surface area contributed by atoms with Gasteiger partial charge in [-0.25, -0.2) is 4.79 Å². The maximum absolute atomic E-state index is 13.1. The van der Waals surface area contributed by atoms with Crippen LogP contribution in [0.15, 0.2) is 60.7 Å². The van der Waals surface area contributed by atoms with Gasteiger partial charge in [0.25, 0.3) is 5.91 Å². The van der Waals surface area contributed by atoms with Crippen molar-refractivity contribution >= 4 is 29.4 Å². The molecule has 216 valence electrons. The SMILES string of the molecule is O=C(O)OC1CCOc2cc(Oc3ccc(C(=O)NC4CCN(c5cccc(C(F)(F)F)c5)CC4)cc3)c(Cl)cc21. The van der Waals surface area contributed by atoms with E-state index in [0.717, 1.165) is 12.1 Å². The van der Waals surface area contributed by atoms with E-state index in [1.807, 2.05) is 4.90 Å². The number of benzene rings is 3. The molecule has 1 atom stereocenters. The molecule has 2 heterocycles. The first-order valence-electron chi connectivity index (χ1n) is 12.9. The lowest BCUT2D eigenvalue weighted by atomic mass is 10.0. The van der Waals surface area contributed by atoms with Gasteiger partial charge in [-0.3, -0.25) is 4.79 Å². The zero-order valence-electron chi connectivity index (χ0n) is 21.6. The molecule has 3 aromatic carbocycles. The standard InChI is InChI=1S/C29H26ClF3N2O6/c30-23-15-22-24(41-28(37)38)10-13-39-25(22)16-26(23)40-21-6-4-17(5-7-21)27(36)34-19-8-11-35(12-9-19)20-3-1-2-18(14-20)29(31,32)33/h1-7,14-16,19,24H,8-13H2,(H,34,36)(H,37,38). The lowest BCUT2D eigenvalue weighted by molar-refractivity contribution is -0.137. The van der Waals surface area contributed by atoms with Gasteiger partial charge in [0, 0.05) is 48.4 Å². The van der Waals surface area contributed by atoms with Crippen LogP contribution in [0.25, 0.3) is 0 Å². The average Bonchev–Trinajstić information content (AvgIpc) is 2.94. The number of carboxylic acid groups (broad SMARTS) is 1. The summed E-state index contributed by atoms with van der Waals surface area (Å²) < 4.78 is 55.6. The first kappa shape index (κ1) is 28.4. The molecule has 3 aromatic rings. The number of hydrogen-bond acceptors (Lipinski definition) is 6. The molecule has 1 amide bonds. The molecule has 0 radical (unpaired) electrons. The second kappa shape index (κ2) is 11.8. The van der Waals surface area contributed by atoms with E-state index in [9.17, 15) is 22.8 Å². The van der Waals surface area contributed by atoms with Crippen molar-refractivity contribution in [3.05, 3.63) is 82.4 Å². The van der Waals surface area contributed by atoms with E-state index in [1.165, 1.54) is 6.07 Å². The van der Waals surface area contributed by atoms with Gasteiger partial charge in [0.2, 0.25) is 0 Å². The number of nitrogens with zero attached hydrogens (tertiary/aromatic N) is 1. The van der Waals surface area contributed by atoms with E-state index in [1.54, 1.807) is 42.5 Å². The van der Waals surface area contributed by atoms with Gasteiger partial charge in [-0.15, -0.1) is 0 Å². The largest absolute Gasteiger partial charge is 0.506 e. The highest BCUT2D eigenvalue weighted by atomic mass is 35.5. The quantitative estimate of drug-likeness (QED) is 0.296. The summed E-state index contributed by atoms with van der Waals surface area (Å²) in [5.74, 6) is 0.869. The molecule has 2 aliphatic rings. The molecule has 41 heavy (non-hydrogen) atoms. The number of rotatable bonds is 6. The Morgan fingerprint density at radius 1 is 1.02 bits per heavy atom. The van der Waals surface area contributed by atoms with Gasteiger partial charge < -0.3 is 29.5 Å². The van der Waals surface area contributed by atoms with Crippen LogP contribution in [0.1, 0.15) is 46.9 Å². The van der Waals surface area contributed by atoms with Gasteiger partial charge in [0.1, 0.15) is 23.4 Å². The monoisotopic (exact) mass is 590 g/mol. The summed E-state index contributed by atoms with van der Waals surface area (Å²) >= 11 is 6.38. The van der Waals surface area contributed by atoms with Gasteiger partial charge >= 0.3 is 12.3 Å². The van der Waals surface area contributed by atoms with Crippen LogP contribution in [0.5, 0.6) is 17.2 Å². The number of ether oxygens (including phenoxy) is 3. The van der Waals surface area contributed by atoms with E-state index >= 15 is 0 Å². The number of carbonyl (C=O) groups excluding carboxylic acids is 1. The van der Waals surface area contributed by atoms with Gasteiger partial charge in [-0.2, -0.15) is 13.2 Å². The molecule has 12 heteroatoms. The Balaban J connectivity index is 1.16. The maximum atomic E-state index is 13.1. The topological polar surface area (TPSA) is 97.3 Å². The van der Waals surface area contributed by atoms with E-state index in [4.69, 9.17) is 30.9 Å². The number of anilines is 1. The Bertz CT molecular complexity index is 1430. The molecular weight excluding hydrogens is 565 g/mol. The summed E-state index contributed by atoms with van der Waals surface area (Å²) in [6, 6.07) is 14.8. The predicted octanol–water partition coefficient (Wildman–Crippen LogP) is 7.07. The van der Waals surface area contributed by atoms with Crippen molar-refractivity contribution < 1.29 is 42.1 Å². The van der Waals surface area contributed by atoms with E-state index in [2.05, 4.69) is 5.32 Å². The normalized spacial score (nSPS) is 17.3. The van der Waals surface area contributed by atoms with Crippen LogP contribution >= 0.6 is 11.6 Å². The number of nitrogens with one attached hydrogen (secondary N) is 1. The molecule has 1 fully saturated rings. The lowest BCUT2D eigenvalue weighted by Crippen LogP contribution is -2.44. The first-order chi connectivity index (χ1) is 19.6. The van der Waals surface area contributed by atoms with Crippen LogP contribution in [0.4, 0.5) is 23.7 Å². The van der Waals surface area contributed by atoms with Crippen LogP contribution in [0, 0.1) is 0 Å². The van der Waals surface area contributed by atoms with Crippen molar-refractivity contribution in [2.45, 2.75) is 37.6 Å². The van der Waals surface area contributed by atoms with Crippen molar-refractivity contribution in [2.75, 3.05) is 24.6 Å². The highest BCUT2D eigenvalue weighted by Crippen LogP contribution is 2.42. The molecule has 8 nitrogen and oxygen atoms in total. The number of alkyl halides is 3. The fourth-order valence-electron chi connectivity index (χ4n) is 4.91. The molecular formula is C29H26ClF3N2O6. The fourth-order valence-corrected chi connectivity index (χ4v) is 5.12. The molecule has 0 aliphatic carbocycles. The average molecular weight is 591 g/mol. The minimum absolute atomic E-state index is 0.108. The number of carbonyl (C=O) groups is 2. The second-order valence-electron chi connectivity index (χ2n) is 9.74. The second-order valence-corrected chi connectivity index (χ2v) is 10.1. The van der Waals surface area contributed by atoms with Crippen LogP contribution in [-0.4, -0.2) is 42.9 Å². The Morgan fingerprint density at radius 2 is 1.76 bits per heavy atom. The van der Waals surface area contributed by atoms with Gasteiger partial charge in [-0.05, 0) is 61.4 Å². The van der Waals surface area contributed by atoms with Gasteiger partial charge in [0.15, 0.2) is 0 Å². The number of halogens is 4. The van der Waals surface area contributed by atoms with E-state index in [0.29, 0.717) is 66.4 Å². The minimum atomic E-state index is -4.40.